The van der Waals surface area contributed by atoms with Crippen LogP contribution in [0.25, 0.3) is 0 Å². The molecule has 0 aromatic heterocycles. The molecule has 0 aliphatic carbocycles. The quantitative estimate of drug-likeness (QED) is 0.371. The molecule has 4 nitrogen and oxygen atoms in total. The van der Waals surface area contributed by atoms with E-state index >= 15 is 0 Å². The molecule has 0 heterocycles. The van der Waals surface area contributed by atoms with E-state index in [4.69, 9.17) is 11.5 Å². The van der Waals surface area contributed by atoms with Gasteiger partial charge in [-0.15, -0.1) is 5.10 Å². The van der Waals surface area contributed by atoms with Gasteiger partial charge in [0.2, 0.25) is 5.96 Å². The van der Waals surface area contributed by atoms with E-state index in [2.05, 4.69) is 10.2 Å². The SMILES string of the molecule is NC(N)=NN=Cc1c(F)cc(I)cc1F. The topological polar surface area (TPSA) is 76.8 Å². The number of halogens is 3. The molecule has 7 heteroatoms. The van der Waals surface area contributed by atoms with Crippen LogP contribution in [0.4, 0.5) is 8.78 Å². The number of guanidine groups is 1. The standard InChI is InChI=1S/C8H7F2IN4/c9-6-1-4(11)2-7(10)5(6)3-14-15-8(12)13/h1-3H,(H4,12,13,15). The lowest BCUT2D eigenvalue weighted by molar-refractivity contribution is 0.578. The zero-order valence-electron chi connectivity index (χ0n) is 7.42. The summed E-state index contributed by atoms with van der Waals surface area (Å²) in [5.41, 5.74) is 9.69. The summed E-state index contributed by atoms with van der Waals surface area (Å²) in [6, 6.07) is 2.36. The third kappa shape index (κ3) is 3.42. The number of nitrogens with zero attached hydrogens (tertiary/aromatic N) is 2. The summed E-state index contributed by atoms with van der Waals surface area (Å²) in [7, 11) is 0. The number of nitrogens with two attached hydrogens (primary N) is 2. The van der Waals surface area contributed by atoms with Gasteiger partial charge in [0.05, 0.1) is 11.8 Å². The molecule has 0 amide bonds. The van der Waals surface area contributed by atoms with Crippen molar-refractivity contribution in [1.29, 1.82) is 0 Å². The monoisotopic (exact) mass is 324 g/mol. The van der Waals surface area contributed by atoms with E-state index in [-0.39, 0.29) is 11.5 Å². The van der Waals surface area contributed by atoms with Crippen molar-refractivity contribution in [3.63, 3.8) is 0 Å². The normalized spacial score (nSPS) is 10.6. The van der Waals surface area contributed by atoms with Crippen molar-refractivity contribution in [2.24, 2.45) is 21.7 Å². The molecule has 0 radical (unpaired) electrons. The third-order valence-electron chi connectivity index (χ3n) is 1.40. The summed E-state index contributed by atoms with van der Waals surface area (Å²) in [5, 5.41) is 6.55. The van der Waals surface area contributed by atoms with Crippen LogP contribution in [0.1, 0.15) is 5.56 Å². The van der Waals surface area contributed by atoms with Gasteiger partial charge in [-0.05, 0) is 34.7 Å². The number of rotatable bonds is 2. The lowest BCUT2D eigenvalue weighted by atomic mass is 10.2. The molecule has 0 unspecified atom stereocenters. The van der Waals surface area contributed by atoms with Gasteiger partial charge < -0.3 is 11.5 Å². The Bertz CT molecular complexity index is 404. The Balaban J connectivity index is 3.05. The minimum Gasteiger partial charge on any atom is -0.369 e. The molecule has 15 heavy (non-hydrogen) atoms. The van der Waals surface area contributed by atoms with Crippen molar-refractivity contribution in [2.75, 3.05) is 0 Å². The molecular formula is C8H7F2IN4. The van der Waals surface area contributed by atoms with Crippen LogP contribution >= 0.6 is 22.6 Å². The Hall–Kier alpha value is -1.25. The minimum atomic E-state index is -0.714. The first-order chi connectivity index (χ1) is 7.00. The van der Waals surface area contributed by atoms with Crippen molar-refractivity contribution in [1.82, 2.24) is 0 Å². The zero-order valence-corrected chi connectivity index (χ0v) is 9.57. The summed E-state index contributed by atoms with van der Waals surface area (Å²) in [4.78, 5) is 0. The Morgan fingerprint density at radius 1 is 1.27 bits per heavy atom. The Morgan fingerprint density at radius 2 is 1.80 bits per heavy atom. The first-order valence-corrected chi connectivity index (χ1v) is 4.85. The van der Waals surface area contributed by atoms with Gasteiger partial charge in [-0.3, -0.25) is 0 Å². The lowest BCUT2D eigenvalue weighted by Crippen LogP contribution is -2.21. The maximum absolute atomic E-state index is 13.2. The highest BCUT2D eigenvalue weighted by atomic mass is 127. The second-order valence-corrected chi connectivity index (χ2v) is 3.80. The molecule has 0 bridgehead atoms. The summed E-state index contributed by atoms with van der Waals surface area (Å²) in [6.45, 7) is 0. The Morgan fingerprint density at radius 3 is 2.27 bits per heavy atom. The molecule has 1 rings (SSSR count). The van der Waals surface area contributed by atoms with Crippen LogP contribution in [0.2, 0.25) is 0 Å². The molecule has 1 aromatic rings. The van der Waals surface area contributed by atoms with Crippen LogP contribution < -0.4 is 11.5 Å². The third-order valence-corrected chi connectivity index (χ3v) is 2.03. The van der Waals surface area contributed by atoms with Gasteiger partial charge in [0, 0.05) is 3.57 Å². The first kappa shape index (κ1) is 11.8. The highest BCUT2D eigenvalue weighted by Gasteiger charge is 2.07. The van der Waals surface area contributed by atoms with E-state index in [1.165, 1.54) is 12.1 Å². The van der Waals surface area contributed by atoms with Gasteiger partial charge in [-0.25, -0.2) is 8.78 Å². The molecule has 0 fully saturated rings. The Kier molecular flexibility index (Phi) is 3.95. The molecule has 80 valence electrons. The average molecular weight is 324 g/mol. The van der Waals surface area contributed by atoms with Crippen LogP contribution in [0, 0.1) is 15.2 Å². The number of hydrogen-bond acceptors (Lipinski definition) is 2. The van der Waals surface area contributed by atoms with Crippen LogP contribution in [0.5, 0.6) is 0 Å². The van der Waals surface area contributed by atoms with Gasteiger partial charge in [-0.2, -0.15) is 5.10 Å². The molecule has 0 saturated carbocycles. The highest BCUT2D eigenvalue weighted by Crippen LogP contribution is 2.15. The number of benzene rings is 1. The smallest absolute Gasteiger partial charge is 0.211 e. The van der Waals surface area contributed by atoms with E-state index in [0.717, 1.165) is 6.21 Å². The van der Waals surface area contributed by atoms with E-state index in [1.54, 1.807) is 22.6 Å². The van der Waals surface area contributed by atoms with Gasteiger partial charge >= 0.3 is 0 Å². The van der Waals surface area contributed by atoms with Gasteiger partial charge in [0.1, 0.15) is 11.6 Å². The van der Waals surface area contributed by atoms with Crippen LogP contribution in [0.3, 0.4) is 0 Å². The molecule has 0 spiro atoms. The summed E-state index contributed by atoms with van der Waals surface area (Å²) in [6.07, 6.45) is 0.917. The predicted octanol–water partition coefficient (Wildman–Crippen LogP) is 1.18. The van der Waals surface area contributed by atoms with E-state index in [9.17, 15) is 8.78 Å². The lowest BCUT2D eigenvalue weighted by Gasteiger charge is -1.98. The zero-order chi connectivity index (χ0) is 11.4. The fourth-order valence-corrected chi connectivity index (χ4v) is 1.38. The molecule has 0 aliphatic rings. The van der Waals surface area contributed by atoms with Crippen molar-refractivity contribution in [2.45, 2.75) is 0 Å². The average Bonchev–Trinajstić information content (AvgIpc) is 2.08. The van der Waals surface area contributed by atoms with E-state index < -0.39 is 11.6 Å². The predicted molar refractivity (Wildman–Crippen MR) is 62.5 cm³/mol. The molecule has 0 atom stereocenters. The summed E-state index contributed by atoms with van der Waals surface area (Å²) < 4.78 is 26.8. The second-order valence-electron chi connectivity index (χ2n) is 2.55. The van der Waals surface area contributed by atoms with Crippen molar-refractivity contribution >= 4 is 34.8 Å². The number of hydrogen-bond donors (Lipinski definition) is 2. The van der Waals surface area contributed by atoms with E-state index in [1.807, 2.05) is 0 Å². The van der Waals surface area contributed by atoms with Gasteiger partial charge in [0.25, 0.3) is 0 Å². The largest absolute Gasteiger partial charge is 0.369 e. The fourth-order valence-electron chi connectivity index (χ4n) is 0.830. The van der Waals surface area contributed by atoms with Crippen molar-refractivity contribution < 1.29 is 8.78 Å². The van der Waals surface area contributed by atoms with Crippen LogP contribution in [-0.4, -0.2) is 12.2 Å². The minimum absolute atomic E-state index is 0.277. The summed E-state index contributed by atoms with van der Waals surface area (Å²) in [5.74, 6) is -1.71. The first-order valence-electron chi connectivity index (χ1n) is 3.77. The van der Waals surface area contributed by atoms with Gasteiger partial charge in [-0.1, -0.05) is 0 Å². The van der Waals surface area contributed by atoms with E-state index in [0.29, 0.717) is 3.57 Å². The second kappa shape index (κ2) is 5.01. The highest BCUT2D eigenvalue weighted by molar-refractivity contribution is 14.1. The van der Waals surface area contributed by atoms with Crippen LogP contribution in [-0.2, 0) is 0 Å². The molecular weight excluding hydrogens is 317 g/mol. The molecule has 0 saturated heterocycles. The maximum atomic E-state index is 13.2. The fraction of sp³-hybridized carbons (Fsp3) is 0. The van der Waals surface area contributed by atoms with Crippen molar-refractivity contribution in [3.05, 3.63) is 32.9 Å². The van der Waals surface area contributed by atoms with Crippen LogP contribution in [0.15, 0.2) is 22.3 Å². The summed E-state index contributed by atoms with van der Waals surface area (Å²) >= 11 is 1.80. The molecule has 4 N–H and O–H groups in total. The molecule has 1 aromatic carbocycles. The Labute approximate surface area is 98.2 Å². The van der Waals surface area contributed by atoms with Gasteiger partial charge in [0.15, 0.2) is 0 Å². The van der Waals surface area contributed by atoms with Crippen molar-refractivity contribution in [3.8, 4) is 0 Å². The molecule has 0 aliphatic heterocycles. The maximum Gasteiger partial charge on any atom is 0.211 e.